The van der Waals surface area contributed by atoms with Gasteiger partial charge in [-0.1, -0.05) is 19.0 Å². The molecular weight excluding hydrogens is 246 g/mol. The molecule has 0 bridgehead atoms. The van der Waals surface area contributed by atoms with Gasteiger partial charge in [-0.3, -0.25) is 0 Å². The molecule has 0 amide bonds. The Balaban J connectivity index is 2.43. The molecule has 0 spiro atoms. The molecule has 0 aliphatic rings. The quantitative estimate of drug-likeness (QED) is 0.364. The third-order valence-corrected chi connectivity index (χ3v) is 2.70. The Labute approximate surface area is 109 Å². The molecule has 2 aromatic rings. The summed E-state index contributed by atoms with van der Waals surface area (Å²) in [5.41, 5.74) is 8.99. The molecule has 19 heavy (non-hydrogen) atoms. The minimum Gasteiger partial charge on any atom is -0.487 e. The lowest BCUT2D eigenvalue weighted by molar-refractivity contribution is 0.329. The molecule has 1 aromatic carbocycles. The van der Waals surface area contributed by atoms with Crippen LogP contribution >= 0.6 is 0 Å². The molecule has 0 aliphatic heterocycles. The van der Waals surface area contributed by atoms with E-state index >= 15 is 0 Å². The molecule has 98 valence electrons. The second kappa shape index (κ2) is 5.46. The summed E-state index contributed by atoms with van der Waals surface area (Å²) in [7, 11) is 0. The third-order valence-electron chi connectivity index (χ3n) is 2.70. The van der Waals surface area contributed by atoms with Gasteiger partial charge in [0.15, 0.2) is 6.73 Å². The first-order valence-corrected chi connectivity index (χ1v) is 5.83. The molecule has 6 nitrogen and oxygen atoms in total. The number of ether oxygens (including phenoxy) is 1. The molecule has 0 unspecified atom stereocenters. The van der Waals surface area contributed by atoms with E-state index < -0.39 is 0 Å². The van der Waals surface area contributed by atoms with E-state index in [9.17, 15) is 4.79 Å². The van der Waals surface area contributed by atoms with Crippen LogP contribution in [-0.4, -0.2) is 6.73 Å². The van der Waals surface area contributed by atoms with Crippen LogP contribution in [0.3, 0.4) is 0 Å². The van der Waals surface area contributed by atoms with E-state index in [0.29, 0.717) is 16.9 Å². The Bertz CT molecular complexity index is 700. The van der Waals surface area contributed by atoms with Crippen molar-refractivity contribution in [2.75, 3.05) is 6.73 Å². The maximum absolute atomic E-state index is 11.7. The number of hydrogen-bond acceptors (Lipinski definition) is 4. The zero-order chi connectivity index (χ0) is 13.8. The van der Waals surface area contributed by atoms with Crippen molar-refractivity contribution in [1.82, 2.24) is 0 Å². The van der Waals surface area contributed by atoms with Crippen LogP contribution in [0.4, 0.5) is 0 Å². The van der Waals surface area contributed by atoms with E-state index in [1.807, 2.05) is 13.8 Å². The Morgan fingerprint density at radius 3 is 2.89 bits per heavy atom. The number of azide groups is 1. The fraction of sp³-hybridized carbons (Fsp3) is 0.308. The smallest absolute Gasteiger partial charge is 0.339 e. The minimum absolute atomic E-state index is 0.0736. The summed E-state index contributed by atoms with van der Waals surface area (Å²) in [6.07, 6.45) is 0. The summed E-state index contributed by atoms with van der Waals surface area (Å²) in [6, 6.07) is 6.86. The number of fused-ring (bicyclic) bond motifs is 1. The average Bonchev–Trinajstić information content (AvgIpc) is 2.38. The zero-order valence-corrected chi connectivity index (χ0v) is 10.7. The normalized spacial score (nSPS) is 10.5. The fourth-order valence-electron chi connectivity index (χ4n) is 1.74. The van der Waals surface area contributed by atoms with Crippen LogP contribution in [0.5, 0.6) is 5.75 Å². The minimum atomic E-state index is -0.315. The van der Waals surface area contributed by atoms with Crippen LogP contribution in [0.1, 0.15) is 25.3 Å². The van der Waals surface area contributed by atoms with Gasteiger partial charge in [0, 0.05) is 15.9 Å². The van der Waals surface area contributed by atoms with Crippen LogP contribution in [0, 0.1) is 0 Å². The van der Waals surface area contributed by atoms with Gasteiger partial charge in [-0.2, -0.15) is 0 Å². The summed E-state index contributed by atoms with van der Waals surface area (Å²) < 4.78 is 10.5. The highest BCUT2D eigenvalue weighted by Crippen LogP contribution is 2.22. The van der Waals surface area contributed by atoms with Gasteiger partial charge >= 0.3 is 5.63 Å². The lowest BCUT2D eigenvalue weighted by Gasteiger charge is -2.07. The topological polar surface area (TPSA) is 88.2 Å². The number of rotatable bonds is 4. The highest BCUT2D eigenvalue weighted by molar-refractivity contribution is 5.78. The zero-order valence-electron chi connectivity index (χ0n) is 10.7. The largest absolute Gasteiger partial charge is 0.487 e. The molecule has 0 aliphatic carbocycles. The van der Waals surface area contributed by atoms with Gasteiger partial charge in [-0.15, -0.1) is 0 Å². The van der Waals surface area contributed by atoms with E-state index in [1.54, 1.807) is 24.3 Å². The molecule has 6 heteroatoms. The highest BCUT2D eigenvalue weighted by atomic mass is 16.5. The standard InChI is InChI=1S/C13H13N3O3/c1-8(2)11-6-9-5-10(18-7-15-16-14)3-4-12(9)19-13(11)17/h3-6,8H,7H2,1-2H3. The van der Waals surface area contributed by atoms with Crippen molar-refractivity contribution in [1.29, 1.82) is 0 Å². The first-order chi connectivity index (χ1) is 9.11. The van der Waals surface area contributed by atoms with Crippen molar-refractivity contribution in [2.45, 2.75) is 19.8 Å². The summed E-state index contributed by atoms with van der Waals surface area (Å²) in [5.74, 6) is 0.650. The van der Waals surface area contributed by atoms with Gasteiger partial charge in [0.25, 0.3) is 0 Å². The molecule has 2 rings (SSSR count). The average molecular weight is 259 g/mol. The molecule has 0 atom stereocenters. The molecular formula is C13H13N3O3. The molecule has 0 fully saturated rings. The van der Waals surface area contributed by atoms with Crippen molar-refractivity contribution in [3.8, 4) is 5.75 Å². The van der Waals surface area contributed by atoms with E-state index in [2.05, 4.69) is 10.0 Å². The Morgan fingerprint density at radius 2 is 2.21 bits per heavy atom. The van der Waals surface area contributed by atoms with Crippen molar-refractivity contribution in [3.63, 3.8) is 0 Å². The van der Waals surface area contributed by atoms with E-state index in [-0.39, 0.29) is 18.3 Å². The molecule has 1 aromatic heterocycles. The molecule has 1 heterocycles. The van der Waals surface area contributed by atoms with Gasteiger partial charge in [0.2, 0.25) is 0 Å². The van der Waals surface area contributed by atoms with Gasteiger partial charge in [-0.25, -0.2) is 4.79 Å². The summed E-state index contributed by atoms with van der Waals surface area (Å²) in [4.78, 5) is 14.3. The summed E-state index contributed by atoms with van der Waals surface area (Å²) >= 11 is 0. The van der Waals surface area contributed by atoms with Gasteiger partial charge in [0.1, 0.15) is 11.3 Å². The van der Waals surface area contributed by atoms with Crippen LogP contribution in [-0.2, 0) is 0 Å². The lowest BCUT2D eigenvalue weighted by Crippen LogP contribution is -2.08. The number of nitrogens with zero attached hydrogens (tertiary/aromatic N) is 3. The van der Waals surface area contributed by atoms with Gasteiger partial charge < -0.3 is 9.15 Å². The maximum Gasteiger partial charge on any atom is 0.339 e. The Hall–Kier alpha value is -2.46. The maximum atomic E-state index is 11.7. The van der Waals surface area contributed by atoms with Crippen molar-refractivity contribution in [2.24, 2.45) is 5.11 Å². The van der Waals surface area contributed by atoms with Crippen LogP contribution in [0.15, 0.2) is 38.6 Å². The second-order valence-electron chi connectivity index (χ2n) is 4.35. The monoisotopic (exact) mass is 259 g/mol. The van der Waals surface area contributed by atoms with Crippen LogP contribution < -0.4 is 10.4 Å². The van der Waals surface area contributed by atoms with Crippen molar-refractivity contribution >= 4 is 11.0 Å². The highest BCUT2D eigenvalue weighted by Gasteiger charge is 2.09. The molecule has 0 radical (unpaired) electrons. The number of benzene rings is 1. The molecule has 0 saturated carbocycles. The van der Waals surface area contributed by atoms with Crippen molar-refractivity contribution < 1.29 is 9.15 Å². The summed E-state index contributed by atoms with van der Waals surface area (Å²) in [5, 5.41) is 4.07. The fourth-order valence-corrected chi connectivity index (χ4v) is 1.74. The predicted octanol–water partition coefficient (Wildman–Crippen LogP) is 3.56. The first-order valence-electron chi connectivity index (χ1n) is 5.83. The van der Waals surface area contributed by atoms with E-state index in [1.165, 1.54) is 0 Å². The Kier molecular flexibility index (Phi) is 3.73. The Morgan fingerprint density at radius 1 is 1.42 bits per heavy atom. The van der Waals surface area contributed by atoms with E-state index in [4.69, 9.17) is 14.7 Å². The van der Waals surface area contributed by atoms with Crippen LogP contribution in [0.2, 0.25) is 0 Å². The SMILES string of the molecule is CC(C)c1cc2cc(OCN=[N+]=[N-])ccc2oc1=O. The number of hydrogen-bond donors (Lipinski definition) is 0. The molecule has 0 N–H and O–H groups in total. The predicted molar refractivity (Wildman–Crippen MR) is 71.2 cm³/mol. The summed E-state index contributed by atoms with van der Waals surface area (Å²) in [6.45, 7) is 3.79. The lowest BCUT2D eigenvalue weighted by atomic mass is 10.0. The van der Waals surface area contributed by atoms with E-state index in [0.717, 1.165) is 5.39 Å². The van der Waals surface area contributed by atoms with Gasteiger partial charge in [0.05, 0.1) is 0 Å². The molecule has 0 saturated heterocycles. The van der Waals surface area contributed by atoms with Crippen LogP contribution in [0.25, 0.3) is 21.4 Å². The second-order valence-corrected chi connectivity index (χ2v) is 4.35. The first kappa shape index (κ1) is 13.0. The van der Waals surface area contributed by atoms with Crippen molar-refractivity contribution in [3.05, 3.63) is 50.7 Å². The third kappa shape index (κ3) is 2.86. The van der Waals surface area contributed by atoms with Gasteiger partial charge in [-0.05, 0) is 35.7 Å².